The summed E-state index contributed by atoms with van der Waals surface area (Å²) in [5.74, 6) is -0.471. The number of hydrogen-bond donors (Lipinski definition) is 0. The third kappa shape index (κ3) is 4.54. The Morgan fingerprint density at radius 1 is 1.19 bits per heavy atom. The molecule has 0 aromatic heterocycles. The number of para-hydroxylation sites is 1. The standard InChI is InChI=1S/C20H23FN2O3S/c1-15-13-17-5-3-4-6-19(17)23(15)20(24)11-12-22(27(2,25)26)14-16-7-9-18(21)10-8-16/h3-10,15H,11-14H2,1-2H3. The van der Waals surface area contributed by atoms with E-state index in [4.69, 9.17) is 0 Å². The molecule has 1 unspecified atom stereocenters. The lowest BCUT2D eigenvalue weighted by molar-refractivity contribution is -0.119. The van der Waals surface area contributed by atoms with Crippen molar-refractivity contribution in [2.75, 3.05) is 17.7 Å². The van der Waals surface area contributed by atoms with E-state index in [1.54, 1.807) is 17.0 Å². The molecule has 2 aromatic rings. The monoisotopic (exact) mass is 390 g/mol. The molecule has 0 radical (unpaired) electrons. The third-order valence-corrected chi connectivity index (χ3v) is 6.04. The third-order valence-electron chi connectivity index (χ3n) is 4.79. The Balaban J connectivity index is 1.70. The quantitative estimate of drug-likeness (QED) is 0.762. The van der Waals surface area contributed by atoms with Crippen molar-refractivity contribution in [3.63, 3.8) is 0 Å². The zero-order chi connectivity index (χ0) is 19.6. The zero-order valence-electron chi connectivity index (χ0n) is 15.4. The number of amides is 1. The highest BCUT2D eigenvalue weighted by molar-refractivity contribution is 7.88. The number of rotatable bonds is 6. The van der Waals surface area contributed by atoms with Gasteiger partial charge < -0.3 is 4.90 Å². The van der Waals surface area contributed by atoms with Crippen LogP contribution in [0.15, 0.2) is 48.5 Å². The fraction of sp³-hybridized carbons (Fsp3) is 0.350. The van der Waals surface area contributed by atoms with Crippen LogP contribution in [0, 0.1) is 5.82 Å². The Hall–Kier alpha value is -2.25. The van der Waals surface area contributed by atoms with E-state index in [0.29, 0.717) is 5.56 Å². The number of nitrogens with zero attached hydrogens (tertiary/aromatic N) is 2. The first-order chi connectivity index (χ1) is 12.8. The van der Waals surface area contributed by atoms with Crippen molar-refractivity contribution >= 4 is 21.6 Å². The number of carbonyl (C=O) groups excluding carboxylic acids is 1. The Morgan fingerprint density at radius 3 is 2.52 bits per heavy atom. The van der Waals surface area contributed by atoms with Crippen LogP contribution in [0.25, 0.3) is 0 Å². The van der Waals surface area contributed by atoms with E-state index in [0.717, 1.165) is 23.9 Å². The minimum atomic E-state index is -3.50. The molecule has 0 saturated heterocycles. The van der Waals surface area contributed by atoms with Gasteiger partial charge in [-0.2, -0.15) is 4.31 Å². The molecule has 0 saturated carbocycles. The van der Waals surface area contributed by atoms with Gasteiger partial charge in [-0.15, -0.1) is 0 Å². The number of benzene rings is 2. The normalized spacial score (nSPS) is 16.6. The van der Waals surface area contributed by atoms with E-state index >= 15 is 0 Å². The molecule has 5 nitrogen and oxygen atoms in total. The molecule has 1 heterocycles. The summed E-state index contributed by atoms with van der Waals surface area (Å²) < 4.78 is 38.6. The smallest absolute Gasteiger partial charge is 0.228 e. The molecule has 1 aliphatic rings. The van der Waals surface area contributed by atoms with Crippen LogP contribution in [0.2, 0.25) is 0 Å². The van der Waals surface area contributed by atoms with Gasteiger partial charge in [-0.3, -0.25) is 4.79 Å². The molecule has 1 aliphatic heterocycles. The van der Waals surface area contributed by atoms with E-state index < -0.39 is 10.0 Å². The molecule has 2 aromatic carbocycles. The number of halogens is 1. The molecule has 0 bridgehead atoms. The second kappa shape index (κ2) is 7.78. The molecule has 0 N–H and O–H groups in total. The maximum Gasteiger partial charge on any atom is 0.228 e. The summed E-state index contributed by atoms with van der Waals surface area (Å²) in [7, 11) is -3.50. The Kier molecular flexibility index (Phi) is 5.62. The molecule has 0 aliphatic carbocycles. The number of sulfonamides is 1. The summed E-state index contributed by atoms with van der Waals surface area (Å²) >= 11 is 0. The summed E-state index contributed by atoms with van der Waals surface area (Å²) in [6.45, 7) is 2.18. The second-order valence-electron chi connectivity index (χ2n) is 6.92. The van der Waals surface area contributed by atoms with Crippen molar-refractivity contribution < 1.29 is 17.6 Å². The Labute approximate surface area is 159 Å². The summed E-state index contributed by atoms with van der Waals surface area (Å²) in [5, 5.41) is 0. The predicted molar refractivity (Wildman–Crippen MR) is 103 cm³/mol. The van der Waals surface area contributed by atoms with E-state index in [9.17, 15) is 17.6 Å². The topological polar surface area (TPSA) is 57.7 Å². The molecule has 7 heteroatoms. The molecular weight excluding hydrogens is 367 g/mol. The average Bonchev–Trinajstić information content (AvgIpc) is 2.94. The van der Waals surface area contributed by atoms with E-state index in [2.05, 4.69) is 0 Å². The fourth-order valence-electron chi connectivity index (χ4n) is 3.44. The number of hydrogen-bond acceptors (Lipinski definition) is 3. The highest BCUT2D eigenvalue weighted by Crippen LogP contribution is 2.32. The molecule has 0 fully saturated rings. The van der Waals surface area contributed by atoms with Gasteiger partial charge in [-0.25, -0.2) is 12.8 Å². The van der Waals surface area contributed by atoms with Gasteiger partial charge >= 0.3 is 0 Å². The molecule has 0 spiro atoms. The minimum Gasteiger partial charge on any atom is -0.309 e. The Bertz CT molecular complexity index is 928. The van der Waals surface area contributed by atoms with Gasteiger partial charge in [0.2, 0.25) is 15.9 Å². The van der Waals surface area contributed by atoms with Crippen LogP contribution < -0.4 is 4.90 Å². The van der Waals surface area contributed by atoms with Gasteiger partial charge in [0, 0.05) is 31.2 Å². The van der Waals surface area contributed by atoms with Gasteiger partial charge in [-0.05, 0) is 42.7 Å². The van der Waals surface area contributed by atoms with Crippen molar-refractivity contribution in [2.45, 2.75) is 32.4 Å². The summed E-state index contributed by atoms with van der Waals surface area (Å²) in [6.07, 6.45) is 2.01. The molecule has 144 valence electrons. The largest absolute Gasteiger partial charge is 0.309 e. The van der Waals surface area contributed by atoms with Gasteiger partial charge in [0.05, 0.1) is 6.26 Å². The number of carbonyl (C=O) groups is 1. The van der Waals surface area contributed by atoms with E-state index in [1.807, 2.05) is 31.2 Å². The van der Waals surface area contributed by atoms with Gasteiger partial charge in [0.15, 0.2) is 0 Å². The van der Waals surface area contributed by atoms with Crippen LogP contribution >= 0.6 is 0 Å². The average molecular weight is 390 g/mol. The second-order valence-corrected chi connectivity index (χ2v) is 8.90. The first-order valence-corrected chi connectivity index (χ1v) is 10.7. The van der Waals surface area contributed by atoms with Crippen molar-refractivity contribution in [1.82, 2.24) is 4.31 Å². The van der Waals surface area contributed by atoms with E-state index in [-0.39, 0.29) is 37.3 Å². The van der Waals surface area contributed by atoms with Gasteiger partial charge in [0.1, 0.15) is 5.82 Å². The van der Waals surface area contributed by atoms with Crippen LogP contribution in [-0.4, -0.2) is 37.5 Å². The maximum absolute atomic E-state index is 13.1. The first-order valence-electron chi connectivity index (χ1n) is 8.85. The Morgan fingerprint density at radius 2 is 1.85 bits per heavy atom. The van der Waals surface area contributed by atoms with Crippen LogP contribution in [0.3, 0.4) is 0 Å². The van der Waals surface area contributed by atoms with Crippen molar-refractivity contribution in [2.24, 2.45) is 0 Å². The SMILES string of the molecule is CC1Cc2ccccc2N1C(=O)CCN(Cc1ccc(F)cc1)S(C)(=O)=O. The number of fused-ring (bicyclic) bond motifs is 1. The van der Waals surface area contributed by atoms with Crippen LogP contribution in [0.4, 0.5) is 10.1 Å². The highest BCUT2D eigenvalue weighted by atomic mass is 32.2. The van der Waals surface area contributed by atoms with Crippen molar-refractivity contribution in [1.29, 1.82) is 0 Å². The fourth-order valence-corrected chi connectivity index (χ4v) is 4.25. The zero-order valence-corrected chi connectivity index (χ0v) is 16.2. The van der Waals surface area contributed by atoms with Crippen LogP contribution in [-0.2, 0) is 27.8 Å². The van der Waals surface area contributed by atoms with Crippen molar-refractivity contribution in [3.8, 4) is 0 Å². The lowest BCUT2D eigenvalue weighted by atomic mass is 10.1. The van der Waals surface area contributed by atoms with E-state index in [1.165, 1.54) is 16.4 Å². The maximum atomic E-state index is 13.1. The molecule has 1 atom stereocenters. The lowest BCUT2D eigenvalue weighted by Crippen LogP contribution is -2.39. The predicted octanol–water partition coefficient (Wildman–Crippen LogP) is 2.96. The van der Waals surface area contributed by atoms with Gasteiger partial charge in [0.25, 0.3) is 0 Å². The minimum absolute atomic E-state index is 0.0543. The molecular formula is C20H23FN2O3S. The van der Waals surface area contributed by atoms with Crippen molar-refractivity contribution in [3.05, 3.63) is 65.5 Å². The lowest BCUT2D eigenvalue weighted by Gasteiger charge is -2.25. The highest BCUT2D eigenvalue weighted by Gasteiger charge is 2.31. The molecule has 1 amide bonds. The van der Waals surface area contributed by atoms with Crippen LogP contribution in [0.1, 0.15) is 24.5 Å². The first kappa shape index (κ1) is 19.5. The van der Waals surface area contributed by atoms with Crippen LogP contribution in [0.5, 0.6) is 0 Å². The summed E-state index contributed by atoms with van der Waals surface area (Å²) in [4.78, 5) is 14.6. The summed E-state index contributed by atoms with van der Waals surface area (Å²) in [5.41, 5.74) is 2.71. The molecule has 27 heavy (non-hydrogen) atoms. The summed E-state index contributed by atoms with van der Waals surface area (Å²) in [6, 6.07) is 13.5. The molecule has 3 rings (SSSR count). The number of anilines is 1. The van der Waals surface area contributed by atoms with Gasteiger partial charge in [-0.1, -0.05) is 30.3 Å².